The van der Waals surface area contributed by atoms with E-state index in [1.807, 2.05) is 0 Å². The normalized spacial score (nSPS) is 12.3. The molecule has 0 saturated carbocycles. The van der Waals surface area contributed by atoms with Crippen LogP contribution in [0.4, 0.5) is 13.2 Å². The van der Waals surface area contributed by atoms with Crippen molar-refractivity contribution in [3.63, 3.8) is 0 Å². The Morgan fingerprint density at radius 3 is 2.39 bits per heavy atom. The molecule has 102 valence electrons. The first-order valence-corrected chi connectivity index (χ1v) is 5.29. The van der Waals surface area contributed by atoms with E-state index in [0.29, 0.717) is 11.1 Å². The molecule has 0 aliphatic rings. The van der Waals surface area contributed by atoms with Gasteiger partial charge in [0.1, 0.15) is 0 Å². The Morgan fingerprint density at radius 2 is 1.94 bits per heavy atom. The Balaban J connectivity index is 0.00000289. The Hall–Kier alpha value is -0.650. The zero-order valence-corrected chi connectivity index (χ0v) is 11.7. The van der Waals surface area contributed by atoms with Gasteiger partial charge in [-0.1, -0.05) is 23.7 Å². The molecule has 0 fully saturated rings. The third-order valence-corrected chi connectivity index (χ3v) is 2.71. The summed E-state index contributed by atoms with van der Waals surface area (Å²) in [4.78, 5) is 0. The molecule has 0 heterocycles. The smallest absolute Gasteiger partial charge is 0.392 e. The summed E-state index contributed by atoms with van der Waals surface area (Å²) in [6.45, 7) is 2.82. The van der Waals surface area contributed by atoms with Gasteiger partial charge in [-0.05, 0) is 36.6 Å². The van der Waals surface area contributed by atoms with E-state index in [1.165, 1.54) is 25.1 Å². The SMILES string of the molecule is CC(=Cc1ccc(Cl)c(C(F)(F)F)c1C)CO.S. The van der Waals surface area contributed by atoms with E-state index in [4.69, 9.17) is 16.7 Å². The van der Waals surface area contributed by atoms with Crippen molar-refractivity contribution in [3.8, 4) is 0 Å². The minimum atomic E-state index is -4.47. The van der Waals surface area contributed by atoms with Crippen LogP contribution >= 0.6 is 25.1 Å². The summed E-state index contributed by atoms with van der Waals surface area (Å²) in [7, 11) is 0. The average Bonchev–Trinajstić information content (AvgIpc) is 2.20. The topological polar surface area (TPSA) is 20.2 Å². The van der Waals surface area contributed by atoms with E-state index in [0.717, 1.165) is 0 Å². The summed E-state index contributed by atoms with van der Waals surface area (Å²) in [5, 5.41) is 8.54. The van der Waals surface area contributed by atoms with Gasteiger partial charge in [0.15, 0.2) is 0 Å². The van der Waals surface area contributed by atoms with E-state index in [-0.39, 0.29) is 30.7 Å². The number of aliphatic hydroxyl groups excluding tert-OH is 1. The van der Waals surface area contributed by atoms with Crippen molar-refractivity contribution in [3.05, 3.63) is 39.4 Å². The Kier molecular flexibility index (Phi) is 6.26. The van der Waals surface area contributed by atoms with Gasteiger partial charge in [0.25, 0.3) is 0 Å². The molecule has 0 atom stereocenters. The molecule has 0 radical (unpaired) electrons. The van der Waals surface area contributed by atoms with E-state index < -0.39 is 11.7 Å². The quantitative estimate of drug-likeness (QED) is 0.868. The minimum absolute atomic E-state index is 0. The lowest BCUT2D eigenvalue weighted by Gasteiger charge is -2.14. The van der Waals surface area contributed by atoms with Gasteiger partial charge >= 0.3 is 6.18 Å². The molecule has 0 amide bonds. The van der Waals surface area contributed by atoms with Crippen molar-refractivity contribution in [1.82, 2.24) is 0 Å². The fourth-order valence-corrected chi connectivity index (χ4v) is 1.82. The lowest BCUT2D eigenvalue weighted by molar-refractivity contribution is -0.137. The molecule has 1 aromatic carbocycles. The predicted octanol–water partition coefficient (Wildman–Crippen LogP) is 4.18. The molecule has 18 heavy (non-hydrogen) atoms. The number of alkyl halides is 3. The second-order valence-electron chi connectivity index (χ2n) is 3.78. The second-order valence-corrected chi connectivity index (χ2v) is 4.19. The summed E-state index contributed by atoms with van der Waals surface area (Å²) in [6.07, 6.45) is -2.96. The highest BCUT2D eigenvalue weighted by Crippen LogP contribution is 2.38. The first-order valence-electron chi connectivity index (χ1n) is 4.91. The molecular weight excluding hydrogens is 285 g/mol. The van der Waals surface area contributed by atoms with Crippen molar-refractivity contribution in [2.75, 3.05) is 6.61 Å². The number of halogens is 4. The molecule has 0 aliphatic heterocycles. The van der Waals surface area contributed by atoms with Crippen LogP contribution in [0, 0.1) is 6.92 Å². The summed E-state index contributed by atoms with van der Waals surface area (Å²) < 4.78 is 38.3. The maximum Gasteiger partial charge on any atom is 0.418 e. The standard InChI is InChI=1S/C12H12ClF3O.H2S/c1-7(6-17)5-9-3-4-10(13)11(8(9)2)12(14,15)16;/h3-5,17H,6H2,1-2H3;1H2. The van der Waals surface area contributed by atoms with Gasteiger partial charge in [-0.25, -0.2) is 0 Å². The van der Waals surface area contributed by atoms with Gasteiger partial charge in [-0.3, -0.25) is 0 Å². The minimum Gasteiger partial charge on any atom is -0.392 e. The zero-order valence-electron chi connectivity index (χ0n) is 9.90. The monoisotopic (exact) mass is 298 g/mol. The fourth-order valence-electron chi connectivity index (χ4n) is 1.51. The van der Waals surface area contributed by atoms with Gasteiger partial charge < -0.3 is 5.11 Å². The maximum absolute atomic E-state index is 12.8. The van der Waals surface area contributed by atoms with Gasteiger partial charge in [-0.2, -0.15) is 26.7 Å². The first kappa shape index (κ1) is 17.4. The maximum atomic E-state index is 12.8. The summed E-state index contributed by atoms with van der Waals surface area (Å²) in [5.74, 6) is 0. The van der Waals surface area contributed by atoms with Crippen LogP contribution in [0.2, 0.25) is 5.02 Å². The number of hydrogen-bond acceptors (Lipinski definition) is 1. The molecule has 1 rings (SSSR count). The summed E-state index contributed by atoms with van der Waals surface area (Å²) >= 11 is 5.57. The van der Waals surface area contributed by atoms with Crippen molar-refractivity contribution < 1.29 is 18.3 Å². The van der Waals surface area contributed by atoms with E-state index >= 15 is 0 Å². The Labute approximate surface area is 116 Å². The van der Waals surface area contributed by atoms with Crippen LogP contribution < -0.4 is 0 Å². The highest BCUT2D eigenvalue weighted by molar-refractivity contribution is 7.59. The molecule has 6 heteroatoms. The lowest BCUT2D eigenvalue weighted by atomic mass is 10.00. The lowest BCUT2D eigenvalue weighted by Crippen LogP contribution is -2.09. The Bertz CT molecular complexity index is 455. The molecule has 0 bridgehead atoms. The molecule has 0 aliphatic carbocycles. The van der Waals surface area contributed by atoms with E-state index in [9.17, 15) is 13.2 Å². The predicted molar refractivity (Wildman–Crippen MR) is 72.3 cm³/mol. The number of rotatable bonds is 2. The van der Waals surface area contributed by atoms with Crippen molar-refractivity contribution in [2.45, 2.75) is 20.0 Å². The van der Waals surface area contributed by atoms with Crippen LogP contribution in [-0.2, 0) is 6.18 Å². The highest BCUT2D eigenvalue weighted by atomic mass is 35.5. The van der Waals surface area contributed by atoms with Crippen LogP contribution in [0.3, 0.4) is 0 Å². The molecule has 0 saturated heterocycles. The molecule has 0 spiro atoms. The van der Waals surface area contributed by atoms with E-state index in [1.54, 1.807) is 6.92 Å². The number of benzene rings is 1. The molecule has 1 nitrogen and oxygen atoms in total. The van der Waals surface area contributed by atoms with Crippen molar-refractivity contribution in [2.24, 2.45) is 0 Å². The third kappa shape index (κ3) is 3.93. The van der Waals surface area contributed by atoms with Crippen LogP contribution in [0.15, 0.2) is 17.7 Å². The Morgan fingerprint density at radius 1 is 1.39 bits per heavy atom. The number of aliphatic hydroxyl groups is 1. The number of hydrogen-bond donors (Lipinski definition) is 1. The van der Waals surface area contributed by atoms with Gasteiger partial charge in [0, 0.05) is 0 Å². The van der Waals surface area contributed by atoms with Gasteiger partial charge in [0.05, 0.1) is 17.2 Å². The molecule has 0 aromatic heterocycles. The highest BCUT2D eigenvalue weighted by Gasteiger charge is 2.35. The molecule has 0 unspecified atom stereocenters. The van der Waals surface area contributed by atoms with Crippen molar-refractivity contribution >= 4 is 31.2 Å². The zero-order chi connectivity index (χ0) is 13.2. The first-order chi connectivity index (χ1) is 7.77. The van der Waals surface area contributed by atoms with Crippen LogP contribution in [0.25, 0.3) is 6.08 Å². The molecule has 1 aromatic rings. The van der Waals surface area contributed by atoms with Crippen LogP contribution in [-0.4, -0.2) is 11.7 Å². The largest absolute Gasteiger partial charge is 0.418 e. The van der Waals surface area contributed by atoms with Gasteiger partial charge in [-0.15, -0.1) is 0 Å². The van der Waals surface area contributed by atoms with E-state index in [2.05, 4.69) is 0 Å². The summed E-state index contributed by atoms with van der Waals surface area (Å²) in [5.41, 5.74) is 0.244. The summed E-state index contributed by atoms with van der Waals surface area (Å²) in [6, 6.07) is 2.72. The fraction of sp³-hybridized carbons (Fsp3) is 0.333. The van der Waals surface area contributed by atoms with Crippen LogP contribution in [0.1, 0.15) is 23.6 Å². The van der Waals surface area contributed by atoms with Crippen LogP contribution in [0.5, 0.6) is 0 Å². The molecule has 1 N–H and O–H groups in total. The second kappa shape index (κ2) is 6.50. The average molecular weight is 299 g/mol. The van der Waals surface area contributed by atoms with Crippen molar-refractivity contribution in [1.29, 1.82) is 0 Å². The molecular formula is C12H14ClF3OS. The third-order valence-electron chi connectivity index (χ3n) is 2.39. The van der Waals surface area contributed by atoms with Gasteiger partial charge in [0.2, 0.25) is 0 Å².